The zero-order valence-corrected chi connectivity index (χ0v) is 12.7. The molecule has 1 aliphatic carbocycles. The van der Waals surface area contributed by atoms with Crippen LogP contribution in [0.5, 0.6) is 0 Å². The first kappa shape index (κ1) is 14.2. The van der Waals surface area contributed by atoms with Crippen LogP contribution < -0.4 is 5.32 Å². The number of nitrogens with zero attached hydrogens (tertiary/aromatic N) is 1. The van der Waals surface area contributed by atoms with Crippen LogP contribution in [-0.4, -0.2) is 28.2 Å². The van der Waals surface area contributed by atoms with Gasteiger partial charge in [-0.05, 0) is 42.5 Å². The molecule has 4 nitrogen and oxygen atoms in total. The first-order chi connectivity index (χ1) is 10.3. The molecule has 1 amide bonds. The van der Waals surface area contributed by atoms with Crippen LogP contribution in [0.4, 0.5) is 0 Å². The second-order valence-electron chi connectivity index (χ2n) is 5.25. The summed E-state index contributed by atoms with van der Waals surface area (Å²) >= 11 is 1.61. The van der Waals surface area contributed by atoms with Crippen LogP contribution in [-0.2, 0) is 24.1 Å². The first-order valence-corrected chi connectivity index (χ1v) is 8.28. The van der Waals surface area contributed by atoms with Gasteiger partial charge < -0.3 is 10.3 Å². The molecule has 5 heteroatoms. The summed E-state index contributed by atoms with van der Waals surface area (Å²) in [5.41, 5.74) is 3.98. The van der Waals surface area contributed by atoms with E-state index >= 15 is 0 Å². The minimum absolute atomic E-state index is 0.0833. The molecule has 0 atom stereocenters. The molecule has 2 N–H and O–H groups in total. The van der Waals surface area contributed by atoms with E-state index in [0.717, 1.165) is 12.1 Å². The number of hydrogen-bond donors (Lipinski definition) is 2. The van der Waals surface area contributed by atoms with Crippen LogP contribution in [0, 0.1) is 0 Å². The summed E-state index contributed by atoms with van der Waals surface area (Å²) in [5.74, 6) is 0.557. The average Bonchev–Trinajstić information content (AvgIpc) is 3.15. The van der Waals surface area contributed by atoms with Crippen molar-refractivity contribution in [1.29, 1.82) is 0 Å². The number of imidazole rings is 1. The van der Waals surface area contributed by atoms with Crippen LogP contribution in [0.15, 0.2) is 35.6 Å². The topological polar surface area (TPSA) is 57.8 Å². The fourth-order valence-corrected chi connectivity index (χ4v) is 3.39. The highest BCUT2D eigenvalue weighted by atomic mass is 32.2. The average molecular weight is 301 g/mol. The minimum atomic E-state index is 0.0833. The summed E-state index contributed by atoms with van der Waals surface area (Å²) in [4.78, 5) is 20.0. The lowest BCUT2D eigenvalue weighted by Crippen LogP contribution is -2.27. The lowest BCUT2D eigenvalue weighted by Gasteiger charge is -2.06. The van der Waals surface area contributed by atoms with Gasteiger partial charge in [0.1, 0.15) is 0 Å². The van der Waals surface area contributed by atoms with Crippen molar-refractivity contribution in [3.63, 3.8) is 0 Å². The standard InChI is InChI=1S/C16H19N3OS/c20-16(18-7-6-14-9-17-11-19-14)10-21-15-5-4-12-2-1-3-13(12)8-15/h4-5,8-9,11H,1-3,6-7,10H2,(H,17,19)(H,18,20). The fraction of sp³-hybridized carbons (Fsp3) is 0.375. The summed E-state index contributed by atoms with van der Waals surface area (Å²) < 4.78 is 0. The van der Waals surface area contributed by atoms with E-state index in [1.165, 1.54) is 35.3 Å². The van der Waals surface area contributed by atoms with Crippen LogP contribution in [0.2, 0.25) is 0 Å². The predicted octanol–water partition coefficient (Wildman–Crippen LogP) is 2.35. The summed E-state index contributed by atoms with van der Waals surface area (Å²) in [6, 6.07) is 6.58. The van der Waals surface area contributed by atoms with Gasteiger partial charge in [-0.25, -0.2) is 4.98 Å². The molecule has 3 rings (SSSR count). The highest BCUT2D eigenvalue weighted by Gasteiger charge is 2.11. The van der Waals surface area contributed by atoms with E-state index < -0.39 is 0 Å². The van der Waals surface area contributed by atoms with Crippen LogP contribution >= 0.6 is 11.8 Å². The summed E-state index contributed by atoms with van der Waals surface area (Å²) in [6.07, 6.45) is 7.87. The van der Waals surface area contributed by atoms with E-state index in [2.05, 4.69) is 33.5 Å². The Labute approximate surface area is 128 Å². The number of benzene rings is 1. The van der Waals surface area contributed by atoms with Crippen molar-refractivity contribution in [3.8, 4) is 0 Å². The number of carbonyl (C=O) groups is 1. The monoisotopic (exact) mass is 301 g/mol. The SMILES string of the molecule is O=C(CSc1ccc2c(c1)CCC2)NCCc1cnc[nH]1. The Morgan fingerprint density at radius 2 is 2.24 bits per heavy atom. The van der Waals surface area contributed by atoms with Gasteiger partial charge >= 0.3 is 0 Å². The van der Waals surface area contributed by atoms with Crippen LogP contribution in [0.3, 0.4) is 0 Å². The van der Waals surface area contributed by atoms with E-state index in [4.69, 9.17) is 0 Å². The van der Waals surface area contributed by atoms with Gasteiger partial charge in [0.2, 0.25) is 5.91 Å². The van der Waals surface area contributed by atoms with Crippen molar-refractivity contribution >= 4 is 17.7 Å². The number of carbonyl (C=O) groups excluding carboxylic acids is 1. The summed E-state index contributed by atoms with van der Waals surface area (Å²) in [5, 5.41) is 2.94. The molecule has 1 heterocycles. The van der Waals surface area contributed by atoms with Crippen molar-refractivity contribution < 1.29 is 4.79 Å². The number of fused-ring (bicyclic) bond motifs is 1. The molecular formula is C16H19N3OS. The minimum Gasteiger partial charge on any atom is -0.355 e. The summed E-state index contributed by atoms with van der Waals surface area (Å²) in [6.45, 7) is 0.645. The zero-order valence-electron chi connectivity index (χ0n) is 11.9. The van der Waals surface area contributed by atoms with Crippen molar-refractivity contribution in [1.82, 2.24) is 15.3 Å². The third-order valence-electron chi connectivity index (χ3n) is 3.71. The number of H-pyrrole nitrogens is 1. The van der Waals surface area contributed by atoms with Gasteiger partial charge in [-0.1, -0.05) is 6.07 Å². The van der Waals surface area contributed by atoms with Crippen LogP contribution in [0.25, 0.3) is 0 Å². The molecule has 0 unspecified atom stereocenters. The Bertz CT molecular complexity index is 610. The number of nitrogens with one attached hydrogen (secondary N) is 2. The van der Waals surface area contributed by atoms with E-state index in [1.807, 2.05) is 0 Å². The number of aryl methyl sites for hydroxylation is 2. The Balaban J connectivity index is 1.41. The van der Waals surface area contributed by atoms with Gasteiger partial charge in [0.15, 0.2) is 0 Å². The van der Waals surface area contributed by atoms with Gasteiger partial charge in [0, 0.05) is 29.8 Å². The van der Waals surface area contributed by atoms with Crippen LogP contribution in [0.1, 0.15) is 23.2 Å². The molecule has 0 saturated heterocycles. The van der Waals surface area contributed by atoms with Crippen molar-refractivity contribution in [3.05, 3.63) is 47.5 Å². The molecule has 0 spiro atoms. The van der Waals surface area contributed by atoms with E-state index in [9.17, 15) is 4.79 Å². The highest BCUT2D eigenvalue weighted by molar-refractivity contribution is 8.00. The molecule has 2 aromatic rings. The third kappa shape index (κ3) is 3.88. The largest absolute Gasteiger partial charge is 0.355 e. The maximum Gasteiger partial charge on any atom is 0.230 e. The molecule has 1 aliphatic rings. The number of amides is 1. The lowest BCUT2D eigenvalue weighted by molar-refractivity contribution is -0.118. The normalized spacial score (nSPS) is 13.1. The maximum atomic E-state index is 11.8. The number of aromatic nitrogens is 2. The van der Waals surface area contributed by atoms with Gasteiger partial charge in [-0.15, -0.1) is 11.8 Å². The molecule has 0 saturated carbocycles. The second kappa shape index (κ2) is 6.80. The highest BCUT2D eigenvalue weighted by Crippen LogP contribution is 2.27. The molecule has 21 heavy (non-hydrogen) atoms. The molecule has 0 radical (unpaired) electrons. The quantitative estimate of drug-likeness (QED) is 0.805. The lowest BCUT2D eigenvalue weighted by atomic mass is 10.1. The molecule has 0 bridgehead atoms. The maximum absolute atomic E-state index is 11.8. The Morgan fingerprint density at radius 1 is 1.33 bits per heavy atom. The van der Waals surface area contributed by atoms with Crippen molar-refractivity contribution in [2.75, 3.05) is 12.3 Å². The predicted molar refractivity (Wildman–Crippen MR) is 84.5 cm³/mol. The Hall–Kier alpha value is -1.75. The smallest absolute Gasteiger partial charge is 0.230 e. The number of thioether (sulfide) groups is 1. The molecule has 0 fully saturated rings. The van der Waals surface area contributed by atoms with Crippen molar-refractivity contribution in [2.45, 2.75) is 30.6 Å². The Kier molecular flexibility index (Phi) is 4.60. The molecule has 1 aromatic carbocycles. The van der Waals surface area contributed by atoms with Gasteiger partial charge in [0.25, 0.3) is 0 Å². The third-order valence-corrected chi connectivity index (χ3v) is 4.71. The fourth-order valence-electron chi connectivity index (χ4n) is 2.60. The Morgan fingerprint density at radius 3 is 3.10 bits per heavy atom. The van der Waals surface area contributed by atoms with E-state index in [0.29, 0.717) is 12.3 Å². The van der Waals surface area contributed by atoms with Crippen molar-refractivity contribution in [2.24, 2.45) is 0 Å². The first-order valence-electron chi connectivity index (χ1n) is 7.30. The van der Waals surface area contributed by atoms with E-state index in [1.54, 1.807) is 24.3 Å². The molecule has 0 aliphatic heterocycles. The number of hydrogen-bond acceptors (Lipinski definition) is 3. The zero-order chi connectivity index (χ0) is 14.5. The molecular weight excluding hydrogens is 282 g/mol. The number of rotatable bonds is 6. The van der Waals surface area contributed by atoms with Gasteiger partial charge in [-0.2, -0.15) is 0 Å². The molecule has 1 aromatic heterocycles. The molecule has 110 valence electrons. The van der Waals surface area contributed by atoms with Gasteiger partial charge in [0.05, 0.1) is 12.1 Å². The second-order valence-corrected chi connectivity index (χ2v) is 6.30. The number of aromatic amines is 1. The van der Waals surface area contributed by atoms with E-state index in [-0.39, 0.29) is 5.91 Å². The summed E-state index contributed by atoms with van der Waals surface area (Å²) in [7, 11) is 0. The van der Waals surface area contributed by atoms with Gasteiger partial charge in [-0.3, -0.25) is 4.79 Å².